The predicted molar refractivity (Wildman–Crippen MR) is 86.3 cm³/mol. The fraction of sp³-hybridized carbons (Fsp3) is 0.688. The highest BCUT2D eigenvalue weighted by Gasteiger charge is 1.95. The van der Waals surface area contributed by atoms with Gasteiger partial charge < -0.3 is 5.32 Å². The SMILES string of the molecule is CCCCCCCCCCNCc1cccc(Br)n1. The highest BCUT2D eigenvalue weighted by molar-refractivity contribution is 9.10. The minimum atomic E-state index is 0.871. The molecule has 0 saturated carbocycles. The molecule has 108 valence electrons. The van der Waals surface area contributed by atoms with Crippen LogP contribution in [0.15, 0.2) is 22.8 Å². The lowest BCUT2D eigenvalue weighted by atomic mass is 10.1. The molecule has 19 heavy (non-hydrogen) atoms. The summed E-state index contributed by atoms with van der Waals surface area (Å²) < 4.78 is 0.916. The topological polar surface area (TPSA) is 24.9 Å². The molecular weight excluding hydrogens is 300 g/mol. The third kappa shape index (κ3) is 9.17. The summed E-state index contributed by atoms with van der Waals surface area (Å²) in [7, 11) is 0. The van der Waals surface area contributed by atoms with Gasteiger partial charge >= 0.3 is 0 Å². The van der Waals surface area contributed by atoms with E-state index in [0.717, 1.165) is 23.4 Å². The molecule has 0 unspecified atom stereocenters. The van der Waals surface area contributed by atoms with Crippen molar-refractivity contribution in [2.24, 2.45) is 0 Å². The first-order chi connectivity index (χ1) is 9.33. The van der Waals surface area contributed by atoms with E-state index in [9.17, 15) is 0 Å². The summed E-state index contributed by atoms with van der Waals surface area (Å²) in [5.74, 6) is 0. The molecule has 1 rings (SSSR count). The van der Waals surface area contributed by atoms with E-state index >= 15 is 0 Å². The van der Waals surface area contributed by atoms with Gasteiger partial charge in [-0.2, -0.15) is 0 Å². The van der Waals surface area contributed by atoms with E-state index in [1.165, 1.54) is 51.4 Å². The zero-order valence-corrected chi connectivity index (χ0v) is 13.7. The third-order valence-corrected chi connectivity index (χ3v) is 3.73. The van der Waals surface area contributed by atoms with Crippen LogP contribution in [0.1, 0.15) is 64.0 Å². The second kappa shape index (κ2) is 11.4. The Hall–Kier alpha value is -0.410. The van der Waals surface area contributed by atoms with Gasteiger partial charge in [0.2, 0.25) is 0 Å². The number of halogens is 1. The Morgan fingerprint density at radius 3 is 2.37 bits per heavy atom. The fourth-order valence-electron chi connectivity index (χ4n) is 2.15. The molecule has 0 spiro atoms. The summed E-state index contributed by atoms with van der Waals surface area (Å²) >= 11 is 3.39. The Labute approximate surface area is 126 Å². The number of nitrogens with one attached hydrogen (secondary N) is 1. The standard InChI is InChI=1S/C16H27BrN2/c1-2-3-4-5-6-7-8-9-13-18-14-15-11-10-12-16(17)19-15/h10-12,18H,2-9,13-14H2,1H3. The number of pyridine rings is 1. The molecule has 0 radical (unpaired) electrons. The van der Waals surface area contributed by atoms with Gasteiger partial charge in [0, 0.05) is 6.54 Å². The summed E-state index contributed by atoms with van der Waals surface area (Å²) in [5, 5.41) is 3.46. The van der Waals surface area contributed by atoms with Crippen molar-refractivity contribution < 1.29 is 0 Å². The van der Waals surface area contributed by atoms with Crippen LogP contribution < -0.4 is 5.32 Å². The lowest BCUT2D eigenvalue weighted by molar-refractivity contribution is 0.553. The van der Waals surface area contributed by atoms with Gasteiger partial charge in [0.25, 0.3) is 0 Å². The number of hydrogen-bond donors (Lipinski definition) is 1. The molecule has 0 aliphatic heterocycles. The molecule has 0 bridgehead atoms. The zero-order chi connectivity index (χ0) is 13.8. The van der Waals surface area contributed by atoms with Crippen LogP contribution in [0.5, 0.6) is 0 Å². The molecule has 0 amide bonds. The predicted octanol–water partition coefficient (Wildman–Crippen LogP) is 5.07. The number of aromatic nitrogens is 1. The van der Waals surface area contributed by atoms with Crippen molar-refractivity contribution in [3.05, 3.63) is 28.5 Å². The molecule has 0 atom stereocenters. The van der Waals surface area contributed by atoms with Crippen LogP contribution in [0.2, 0.25) is 0 Å². The molecule has 1 aromatic rings. The van der Waals surface area contributed by atoms with Crippen LogP contribution in [-0.4, -0.2) is 11.5 Å². The minimum absolute atomic E-state index is 0.871. The molecule has 3 heteroatoms. The highest BCUT2D eigenvalue weighted by atomic mass is 79.9. The van der Waals surface area contributed by atoms with E-state index < -0.39 is 0 Å². The van der Waals surface area contributed by atoms with Gasteiger partial charge in [0.05, 0.1) is 5.69 Å². The maximum Gasteiger partial charge on any atom is 0.106 e. The second-order valence-corrected chi connectivity index (χ2v) is 5.92. The molecule has 1 N–H and O–H groups in total. The van der Waals surface area contributed by atoms with Gasteiger partial charge in [0.15, 0.2) is 0 Å². The first-order valence-electron chi connectivity index (χ1n) is 7.65. The highest BCUT2D eigenvalue weighted by Crippen LogP contribution is 2.08. The van der Waals surface area contributed by atoms with Crippen LogP contribution in [-0.2, 0) is 6.54 Å². The lowest BCUT2D eigenvalue weighted by Crippen LogP contribution is -2.15. The van der Waals surface area contributed by atoms with Crippen LogP contribution >= 0.6 is 15.9 Å². The van der Waals surface area contributed by atoms with Gasteiger partial charge in [-0.1, -0.05) is 57.9 Å². The van der Waals surface area contributed by atoms with Gasteiger partial charge in [-0.15, -0.1) is 0 Å². The Balaban J connectivity index is 1.89. The fourth-order valence-corrected chi connectivity index (χ4v) is 2.53. The summed E-state index contributed by atoms with van der Waals surface area (Å²) in [6.07, 6.45) is 11.0. The second-order valence-electron chi connectivity index (χ2n) is 5.10. The number of unbranched alkanes of at least 4 members (excludes halogenated alkanes) is 7. The maximum atomic E-state index is 4.40. The van der Waals surface area contributed by atoms with Crippen LogP contribution in [0, 0.1) is 0 Å². The van der Waals surface area contributed by atoms with Crippen molar-refractivity contribution in [1.82, 2.24) is 10.3 Å². The summed E-state index contributed by atoms with van der Waals surface area (Å²) in [4.78, 5) is 4.40. The van der Waals surface area contributed by atoms with Crippen molar-refractivity contribution in [2.45, 2.75) is 64.8 Å². The van der Waals surface area contributed by atoms with Crippen molar-refractivity contribution in [2.75, 3.05) is 6.54 Å². The minimum Gasteiger partial charge on any atom is -0.311 e. The first kappa shape index (κ1) is 16.6. The van der Waals surface area contributed by atoms with E-state index in [4.69, 9.17) is 0 Å². The smallest absolute Gasteiger partial charge is 0.106 e. The monoisotopic (exact) mass is 326 g/mol. The number of rotatable bonds is 11. The van der Waals surface area contributed by atoms with Gasteiger partial charge in [-0.25, -0.2) is 4.98 Å². The van der Waals surface area contributed by atoms with Crippen molar-refractivity contribution in [3.63, 3.8) is 0 Å². The Morgan fingerprint density at radius 2 is 1.68 bits per heavy atom. The number of hydrogen-bond acceptors (Lipinski definition) is 2. The molecule has 1 heterocycles. The zero-order valence-electron chi connectivity index (χ0n) is 12.1. The summed E-state index contributed by atoms with van der Waals surface area (Å²) in [6.45, 7) is 4.24. The van der Waals surface area contributed by atoms with Crippen LogP contribution in [0.3, 0.4) is 0 Å². The molecule has 0 saturated heterocycles. The molecular formula is C16H27BrN2. The Morgan fingerprint density at radius 1 is 1.00 bits per heavy atom. The van der Waals surface area contributed by atoms with Gasteiger partial charge in [-0.05, 0) is 41.0 Å². The molecule has 2 nitrogen and oxygen atoms in total. The third-order valence-electron chi connectivity index (χ3n) is 3.29. The van der Waals surface area contributed by atoms with E-state index in [0.29, 0.717) is 0 Å². The van der Waals surface area contributed by atoms with Crippen LogP contribution in [0.4, 0.5) is 0 Å². The molecule has 1 aromatic heterocycles. The van der Waals surface area contributed by atoms with E-state index in [2.05, 4.69) is 39.2 Å². The molecule has 0 aliphatic rings. The maximum absolute atomic E-state index is 4.40. The van der Waals surface area contributed by atoms with Gasteiger partial charge in [0.1, 0.15) is 4.60 Å². The summed E-state index contributed by atoms with van der Waals surface area (Å²) in [5.41, 5.74) is 1.11. The van der Waals surface area contributed by atoms with Gasteiger partial charge in [-0.3, -0.25) is 0 Å². The Bertz CT molecular complexity index is 328. The molecule has 0 aromatic carbocycles. The first-order valence-corrected chi connectivity index (χ1v) is 8.44. The average Bonchev–Trinajstić information content (AvgIpc) is 2.41. The molecule has 0 fully saturated rings. The normalized spacial score (nSPS) is 10.8. The largest absolute Gasteiger partial charge is 0.311 e. The Kier molecular flexibility index (Phi) is 10.0. The van der Waals surface area contributed by atoms with Crippen molar-refractivity contribution in [3.8, 4) is 0 Å². The average molecular weight is 327 g/mol. The van der Waals surface area contributed by atoms with E-state index in [1.54, 1.807) is 0 Å². The summed E-state index contributed by atoms with van der Waals surface area (Å²) in [6, 6.07) is 6.05. The van der Waals surface area contributed by atoms with E-state index in [-0.39, 0.29) is 0 Å². The van der Waals surface area contributed by atoms with Crippen molar-refractivity contribution >= 4 is 15.9 Å². The lowest BCUT2D eigenvalue weighted by Gasteiger charge is -2.05. The van der Waals surface area contributed by atoms with Crippen molar-refractivity contribution in [1.29, 1.82) is 0 Å². The molecule has 0 aliphatic carbocycles. The van der Waals surface area contributed by atoms with E-state index in [1.807, 2.05) is 12.1 Å². The van der Waals surface area contributed by atoms with Crippen LogP contribution in [0.25, 0.3) is 0 Å². The quantitative estimate of drug-likeness (QED) is 0.453. The number of nitrogens with zero attached hydrogens (tertiary/aromatic N) is 1.